The lowest BCUT2D eigenvalue weighted by atomic mass is 9.91. The summed E-state index contributed by atoms with van der Waals surface area (Å²) >= 11 is 0. The number of fused-ring (bicyclic) bond motifs is 1. The number of aryl methyl sites for hydroxylation is 1. The van der Waals surface area contributed by atoms with Crippen molar-refractivity contribution in [3.05, 3.63) is 71.8 Å². The predicted octanol–water partition coefficient (Wildman–Crippen LogP) is 4.70. The summed E-state index contributed by atoms with van der Waals surface area (Å²) < 4.78 is 0. The number of aromatic nitrogens is 1. The average Bonchev–Trinajstić information content (AvgIpc) is 2.69. The summed E-state index contributed by atoms with van der Waals surface area (Å²) in [6.07, 6.45) is 4.05. The highest BCUT2D eigenvalue weighted by molar-refractivity contribution is 5.94. The predicted molar refractivity (Wildman–Crippen MR) is 110 cm³/mol. The van der Waals surface area contributed by atoms with E-state index in [1.54, 1.807) is 0 Å². The Kier molecular flexibility index (Phi) is 5.05. The Labute approximate surface area is 160 Å². The molecule has 0 aliphatic heterocycles. The number of pyridine rings is 1. The maximum atomic E-state index is 12.4. The van der Waals surface area contributed by atoms with Crippen LogP contribution >= 0.6 is 0 Å². The second-order valence-electron chi connectivity index (χ2n) is 7.43. The number of hydrogen-bond donors (Lipinski definition) is 2. The van der Waals surface area contributed by atoms with E-state index in [4.69, 9.17) is 4.98 Å². The van der Waals surface area contributed by atoms with Gasteiger partial charge in [0.25, 0.3) is 5.91 Å². The van der Waals surface area contributed by atoms with Crippen LogP contribution in [0.25, 0.3) is 10.9 Å². The van der Waals surface area contributed by atoms with Gasteiger partial charge in [-0.25, -0.2) is 4.98 Å². The first kappa shape index (κ1) is 17.5. The zero-order valence-electron chi connectivity index (χ0n) is 15.6. The van der Waals surface area contributed by atoms with E-state index in [9.17, 15) is 4.79 Å². The van der Waals surface area contributed by atoms with E-state index in [1.807, 2.05) is 55.5 Å². The summed E-state index contributed by atoms with van der Waals surface area (Å²) in [5.74, 6) is 0.965. The Bertz CT molecular complexity index is 945. The van der Waals surface area contributed by atoms with Crippen molar-refractivity contribution in [2.45, 2.75) is 44.7 Å². The van der Waals surface area contributed by atoms with Gasteiger partial charge in [-0.15, -0.1) is 0 Å². The lowest BCUT2D eigenvalue weighted by molar-refractivity contribution is 0.0926. The summed E-state index contributed by atoms with van der Waals surface area (Å²) in [4.78, 5) is 17.1. The van der Waals surface area contributed by atoms with Crippen molar-refractivity contribution in [3.8, 4) is 0 Å². The molecule has 1 saturated carbocycles. The lowest BCUT2D eigenvalue weighted by Crippen LogP contribution is -2.40. The fourth-order valence-electron chi connectivity index (χ4n) is 3.79. The molecule has 4 nitrogen and oxygen atoms in total. The van der Waals surface area contributed by atoms with Crippen molar-refractivity contribution < 1.29 is 4.79 Å². The zero-order valence-corrected chi connectivity index (χ0v) is 15.6. The minimum absolute atomic E-state index is 0.0336. The highest BCUT2D eigenvalue weighted by atomic mass is 16.1. The largest absolute Gasteiger partial charge is 0.367 e. The first-order valence-electron chi connectivity index (χ1n) is 9.67. The SMILES string of the molecule is Cc1cccc(C(=O)NC2CCC(Nc3ccc4ccccc4n3)CC2)c1. The van der Waals surface area contributed by atoms with Crippen molar-refractivity contribution in [1.82, 2.24) is 10.3 Å². The van der Waals surface area contributed by atoms with Gasteiger partial charge in [-0.05, 0) is 62.9 Å². The van der Waals surface area contributed by atoms with Crippen molar-refractivity contribution in [1.29, 1.82) is 0 Å². The summed E-state index contributed by atoms with van der Waals surface area (Å²) in [5.41, 5.74) is 2.87. The van der Waals surface area contributed by atoms with Gasteiger partial charge >= 0.3 is 0 Å². The number of nitrogens with one attached hydrogen (secondary N) is 2. The minimum Gasteiger partial charge on any atom is -0.367 e. The van der Waals surface area contributed by atoms with Crippen LogP contribution in [0.15, 0.2) is 60.7 Å². The molecule has 1 aliphatic rings. The fourth-order valence-corrected chi connectivity index (χ4v) is 3.79. The number of carbonyl (C=O) groups excluding carboxylic acids is 1. The number of anilines is 1. The fraction of sp³-hybridized carbons (Fsp3) is 0.304. The topological polar surface area (TPSA) is 54.0 Å². The van der Waals surface area contributed by atoms with Crippen LogP contribution in [0, 0.1) is 6.92 Å². The molecule has 1 aliphatic carbocycles. The quantitative estimate of drug-likeness (QED) is 0.710. The lowest BCUT2D eigenvalue weighted by Gasteiger charge is -2.30. The van der Waals surface area contributed by atoms with E-state index in [2.05, 4.69) is 22.8 Å². The number of amides is 1. The Balaban J connectivity index is 1.31. The van der Waals surface area contributed by atoms with E-state index >= 15 is 0 Å². The normalized spacial score (nSPS) is 19.6. The monoisotopic (exact) mass is 359 g/mol. The molecule has 0 bridgehead atoms. The molecule has 3 aromatic rings. The maximum absolute atomic E-state index is 12.4. The van der Waals surface area contributed by atoms with E-state index in [0.29, 0.717) is 6.04 Å². The van der Waals surface area contributed by atoms with Gasteiger partial charge in [-0.1, -0.05) is 35.9 Å². The van der Waals surface area contributed by atoms with Gasteiger partial charge in [-0.2, -0.15) is 0 Å². The van der Waals surface area contributed by atoms with E-state index in [0.717, 1.165) is 53.5 Å². The van der Waals surface area contributed by atoms with Gasteiger partial charge in [0.2, 0.25) is 0 Å². The van der Waals surface area contributed by atoms with Crippen LogP contribution in [0.2, 0.25) is 0 Å². The first-order chi connectivity index (χ1) is 13.2. The van der Waals surface area contributed by atoms with Gasteiger partial charge in [0, 0.05) is 23.0 Å². The molecule has 1 fully saturated rings. The molecular formula is C23H25N3O. The molecule has 0 unspecified atom stereocenters. The van der Waals surface area contributed by atoms with Gasteiger partial charge in [0.1, 0.15) is 5.82 Å². The van der Waals surface area contributed by atoms with Crippen molar-refractivity contribution in [2.75, 3.05) is 5.32 Å². The van der Waals surface area contributed by atoms with E-state index < -0.39 is 0 Å². The number of nitrogens with zero attached hydrogens (tertiary/aromatic N) is 1. The van der Waals surface area contributed by atoms with Crippen LogP contribution in [0.5, 0.6) is 0 Å². The van der Waals surface area contributed by atoms with Crippen molar-refractivity contribution in [2.24, 2.45) is 0 Å². The van der Waals surface area contributed by atoms with E-state index in [-0.39, 0.29) is 11.9 Å². The Morgan fingerprint density at radius 1 is 0.926 bits per heavy atom. The molecule has 0 atom stereocenters. The number of benzene rings is 2. The zero-order chi connectivity index (χ0) is 18.6. The third-order valence-electron chi connectivity index (χ3n) is 5.29. The second kappa shape index (κ2) is 7.78. The number of para-hydroxylation sites is 1. The molecule has 0 radical (unpaired) electrons. The summed E-state index contributed by atoms with van der Waals surface area (Å²) in [6, 6.07) is 20.7. The first-order valence-corrected chi connectivity index (χ1v) is 9.67. The molecule has 4 heteroatoms. The Morgan fingerprint density at radius 2 is 1.70 bits per heavy atom. The molecule has 0 saturated heterocycles. The smallest absolute Gasteiger partial charge is 0.251 e. The van der Waals surface area contributed by atoms with Crippen LogP contribution in [-0.4, -0.2) is 23.0 Å². The number of carbonyl (C=O) groups is 1. The Morgan fingerprint density at radius 3 is 2.52 bits per heavy atom. The van der Waals surface area contributed by atoms with Crippen LogP contribution in [0.1, 0.15) is 41.6 Å². The van der Waals surface area contributed by atoms with E-state index in [1.165, 1.54) is 0 Å². The highest BCUT2D eigenvalue weighted by Crippen LogP contribution is 2.23. The minimum atomic E-state index is 0.0336. The molecule has 2 N–H and O–H groups in total. The second-order valence-corrected chi connectivity index (χ2v) is 7.43. The van der Waals surface area contributed by atoms with Crippen LogP contribution < -0.4 is 10.6 Å². The van der Waals surface area contributed by atoms with Gasteiger partial charge in [-0.3, -0.25) is 4.79 Å². The number of rotatable bonds is 4. The van der Waals surface area contributed by atoms with Gasteiger partial charge in [0.15, 0.2) is 0 Å². The molecule has 4 rings (SSSR count). The molecule has 0 spiro atoms. The Hall–Kier alpha value is -2.88. The highest BCUT2D eigenvalue weighted by Gasteiger charge is 2.23. The van der Waals surface area contributed by atoms with Gasteiger partial charge < -0.3 is 10.6 Å². The number of hydrogen-bond acceptors (Lipinski definition) is 3. The maximum Gasteiger partial charge on any atom is 0.251 e. The third kappa shape index (κ3) is 4.27. The van der Waals surface area contributed by atoms with Gasteiger partial charge in [0.05, 0.1) is 5.52 Å². The third-order valence-corrected chi connectivity index (χ3v) is 5.29. The molecule has 1 aromatic heterocycles. The molecule has 1 heterocycles. The van der Waals surface area contributed by atoms with Crippen LogP contribution in [0.3, 0.4) is 0 Å². The van der Waals surface area contributed by atoms with Crippen LogP contribution in [0.4, 0.5) is 5.82 Å². The molecule has 138 valence electrons. The summed E-state index contributed by atoms with van der Waals surface area (Å²) in [5, 5.41) is 7.91. The average molecular weight is 359 g/mol. The summed E-state index contributed by atoms with van der Waals surface area (Å²) in [7, 11) is 0. The van der Waals surface area contributed by atoms with Crippen molar-refractivity contribution in [3.63, 3.8) is 0 Å². The molecular weight excluding hydrogens is 334 g/mol. The van der Waals surface area contributed by atoms with Crippen LogP contribution in [-0.2, 0) is 0 Å². The molecule has 1 amide bonds. The van der Waals surface area contributed by atoms with Crippen molar-refractivity contribution >= 4 is 22.6 Å². The summed E-state index contributed by atoms with van der Waals surface area (Å²) in [6.45, 7) is 2.01. The standard InChI is InChI=1S/C23H25N3O/c1-16-5-4-7-18(15-16)23(27)25-20-12-10-19(11-13-20)24-22-14-9-17-6-2-3-8-21(17)26-22/h2-9,14-15,19-20H,10-13H2,1H3,(H,24,26)(H,25,27). The molecule has 2 aromatic carbocycles. The molecule has 27 heavy (non-hydrogen) atoms.